The summed E-state index contributed by atoms with van der Waals surface area (Å²) in [6.07, 6.45) is 2.64. The second-order valence-electron chi connectivity index (χ2n) is 7.28. The van der Waals surface area contributed by atoms with Crippen molar-refractivity contribution in [2.24, 2.45) is 0 Å². The zero-order valence-corrected chi connectivity index (χ0v) is 19.4. The predicted molar refractivity (Wildman–Crippen MR) is 120 cm³/mol. The highest BCUT2D eigenvalue weighted by molar-refractivity contribution is 7.89. The van der Waals surface area contributed by atoms with E-state index in [1.54, 1.807) is 13.0 Å². The molecule has 0 radical (unpaired) electrons. The number of benzene rings is 2. The Kier molecular flexibility index (Phi) is 8.24. The van der Waals surface area contributed by atoms with Crippen molar-refractivity contribution in [3.63, 3.8) is 0 Å². The second-order valence-corrected chi connectivity index (χ2v) is 8.96. The van der Waals surface area contributed by atoms with E-state index in [0.29, 0.717) is 11.5 Å². The first-order valence-electron chi connectivity index (χ1n) is 9.77. The van der Waals surface area contributed by atoms with Crippen LogP contribution in [0.4, 0.5) is 0 Å². The molecule has 1 N–H and O–H groups in total. The molecule has 0 aromatic heterocycles. The smallest absolute Gasteiger partial charge is 0.330 e. The first-order chi connectivity index (χ1) is 14.6. The molecular weight excluding hydrogens is 418 g/mol. The molecule has 0 heterocycles. The first-order valence-corrected chi connectivity index (χ1v) is 11.3. The van der Waals surface area contributed by atoms with E-state index in [4.69, 9.17) is 9.47 Å². The van der Waals surface area contributed by atoms with Crippen LogP contribution in [0.15, 0.2) is 47.4 Å². The number of esters is 1. The summed E-state index contributed by atoms with van der Waals surface area (Å²) in [6, 6.07) is 10.3. The molecule has 2 rings (SSSR count). The third kappa shape index (κ3) is 6.08. The van der Waals surface area contributed by atoms with Crippen LogP contribution in [0.5, 0.6) is 11.5 Å². The number of hydrogen-bond acceptors (Lipinski definition) is 6. The molecule has 0 amide bonds. The van der Waals surface area contributed by atoms with Gasteiger partial charge in [-0.05, 0) is 47.7 Å². The third-order valence-corrected chi connectivity index (χ3v) is 6.35. The van der Waals surface area contributed by atoms with Crippen molar-refractivity contribution >= 4 is 22.1 Å². The lowest BCUT2D eigenvalue weighted by Gasteiger charge is -2.19. The molecule has 2 aromatic rings. The van der Waals surface area contributed by atoms with E-state index in [1.165, 1.54) is 45.1 Å². The van der Waals surface area contributed by atoms with Crippen molar-refractivity contribution in [2.75, 3.05) is 21.3 Å². The lowest BCUT2D eigenvalue weighted by atomic mass is 10.00. The van der Waals surface area contributed by atoms with Gasteiger partial charge in [0, 0.05) is 12.1 Å². The van der Waals surface area contributed by atoms with Crippen LogP contribution >= 0.6 is 0 Å². The van der Waals surface area contributed by atoms with Crippen LogP contribution in [0.1, 0.15) is 49.4 Å². The van der Waals surface area contributed by atoms with Crippen molar-refractivity contribution in [1.29, 1.82) is 0 Å². The number of nitrogens with one attached hydrogen (secondary N) is 1. The highest BCUT2D eigenvalue weighted by Gasteiger charge is 2.26. The molecular formula is C23H29NO6S. The van der Waals surface area contributed by atoms with Gasteiger partial charge in [-0.3, -0.25) is 0 Å². The van der Waals surface area contributed by atoms with Crippen LogP contribution in [0.25, 0.3) is 6.08 Å². The van der Waals surface area contributed by atoms with Gasteiger partial charge in [-0.15, -0.1) is 0 Å². The van der Waals surface area contributed by atoms with Crippen molar-refractivity contribution in [2.45, 2.75) is 37.6 Å². The van der Waals surface area contributed by atoms with Gasteiger partial charge in [-0.2, -0.15) is 0 Å². The Hall–Kier alpha value is -2.84. The van der Waals surface area contributed by atoms with Crippen LogP contribution in [0.2, 0.25) is 0 Å². The number of rotatable bonds is 9. The molecule has 0 saturated heterocycles. The van der Waals surface area contributed by atoms with Crippen LogP contribution in [0.3, 0.4) is 0 Å². The summed E-state index contributed by atoms with van der Waals surface area (Å²) in [5.41, 5.74) is 2.45. The van der Waals surface area contributed by atoms with Crippen molar-refractivity contribution in [3.05, 3.63) is 59.2 Å². The van der Waals surface area contributed by atoms with Gasteiger partial charge in [0.2, 0.25) is 10.0 Å². The largest absolute Gasteiger partial charge is 0.493 e. The van der Waals surface area contributed by atoms with E-state index in [2.05, 4.69) is 23.3 Å². The molecule has 0 bridgehead atoms. The molecule has 168 valence electrons. The van der Waals surface area contributed by atoms with E-state index in [9.17, 15) is 13.2 Å². The summed E-state index contributed by atoms with van der Waals surface area (Å²) in [6.45, 7) is 5.97. The number of ether oxygens (including phenoxy) is 3. The zero-order chi connectivity index (χ0) is 23.2. The van der Waals surface area contributed by atoms with Gasteiger partial charge < -0.3 is 14.2 Å². The van der Waals surface area contributed by atoms with E-state index >= 15 is 0 Å². The lowest BCUT2D eigenvalue weighted by molar-refractivity contribution is -0.134. The third-order valence-electron chi connectivity index (χ3n) is 4.80. The van der Waals surface area contributed by atoms with Crippen LogP contribution < -0.4 is 14.2 Å². The first kappa shape index (κ1) is 24.4. The van der Waals surface area contributed by atoms with E-state index in [0.717, 1.165) is 5.56 Å². The predicted octanol–water partition coefficient (Wildman–Crippen LogP) is 4.05. The number of sulfonamides is 1. The summed E-state index contributed by atoms with van der Waals surface area (Å²) in [7, 11) is 0.0600. The van der Waals surface area contributed by atoms with Gasteiger partial charge in [-0.25, -0.2) is 17.9 Å². The molecule has 7 nitrogen and oxygen atoms in total. The monoisotopic (exact) mass is 447 g/mol. The van der Waals surface area contributed by atoms with E-state index in [-0.39, 0.29) is 16.4 Å². The maximum Gasteiger partial charge on any atom is 0.330 e. The van der Waals surface area contributed by atoms with Gasteiger partial charge in [0.05, 0.1) is 21.3 Å². The molecule has 1 unspecified atom stereocenters. The standard InChI is InChI=1S/C23H29NO6S/c1-15(2)18-8-10-19(11-9-18)16(3)24-31(26,27)21-14-17(7-12-22(25)29-5)13-20(28-4)23(21)30-6/h7-16,24H,1-6H3/b12-7+. The Labute approximate surface area is 184 Å². The molecule has 0 aliphatic carbocycles. The van der Waals surface area contributed by atoms with Gasteiger partial charge in [0.15, 0.2) is 11.5 Å². The summed E-state index contributed by atoms with van der Waals surface area (Å²) < 4.78 is 44.3. The van der Waals surface area contributed by atoms with Crippen LogP contribution in [-0.4, -0.2) is 35.7 Å². The maximum atomic E-state index is 13.2. The lowest BCUT2D eigenvalue weighted by Crippen LogP contribution is -2.27. The Morgan fingerprint density at radius 2 is 1.58 bits per heavy atom. The number of carbonyl (C=O) groups is 1. The quantitative estimate of drug-likeness (QED) is 0.461. The van der Waals surface area contributed by atoms with Crippen molar-refractivity contribution < 1.29 is 27.4 Å². The zero-order valence-electron chi connectivity index (χ0n) is 18.6. The minimum atomic E-state index is -3.98. The summed E-state index contributed by atoms with van der Waals surface area (Å²) in [5, 5.41) is 0. The Bertz CT molecular complexity index is 1040. The fourth-order valence-electron chi connectivity index (χ4n) is 3.01. The molecule has 0 aliphatic rings. The normalized spacial score (nSPS) is 12.7. The Morgan fingerprint density at radius 1 is 0.968 bits per heavy atom. The molecule has 0 saturated carbocycles. The maximum absolute atomic E-state index is 13.2. The molecule has 1 atom stereocenters. The average molecular weight is 448 g/mol. The summed E-state index contributed by atoms with van der Waals surface area (Å²) in [4.78, 5) is 11.3. The Morgan fingerprint density at radius 3 is 2.10 bits per heavy atom. The van der Waals surface area contributed by atoms with Crippen molar-refractivity contribution in [3.8, 4) is 11.5 Å². The molecule has 0 fully saturated rings. The van der Waals surface area contributed by atoms with E-state index in [1.807, 2.05) is 24.3 Å². The molecule has 0 spiro atoms. The SMILES string of the molecule is COC(=O)/C=C/c1cc(OC)c(OC)c(S(=O)(=O)NC(C)c2ccc(C(C)C)cc2)c1. The molecule has 0 aliphatic heterocycles. The van der Waals surface area contributed by atoms with Crippen molar-refractivity contribution in [1.82, 2.24) is 4.72 Å². The molecule has 31 heavy (non-hydrogen) atoms. The molecule has 8 heteroatoms. The highest BCUT2D eigenvalue weighted by atomic mass is 32.2. The fraction of sp³-hybridized carbons (Fsp3) is 0.348. The van der Waals surface area contributed by atoms with Gasteiger partial charge in [0.25, 0.3) is 0 Å². The van der Waals surface area contributed by atoms with Gasteiger partial charge in [0.1, 0.15) is 4.90 Å². The number of hydrogen-bond donors (Lipinski definition) is 1. The summed E-state index contributed by atoms with van der Waals surface area (Å²) >= 11 is 0. The van der Waals surface area contributed by atoms with Gasteiger partial charge in [-0.1, -0.05) is 38.1 Å². The fourth-order valence-corrected chi connectivity index (χ4v) is 4.46. The summed E-state index contributed by atoms with van der Waals surface area (Å²) in [5.74, 6) is 0.130. The minimum Gasteiger partial charge on any atom is -0.493 e. The topological polar surface area (TPSA) is 90.9 Å². The van der Waals surface area contributed by atoms with Crippen LogP contribution in [-0.2, 0) is 19.6 Å². The second kappa shape index (κ2) is 10.5. The molecule has 2 aromatic carbocycles. The van der Waals surface area contributed by atoms with Gasteiger partial charge >= 0.3 is 5.97 Å². The number of methoxy groups -OCH3 is 3. The van der Waals surface area contributed by atoms with E-state index < -0.39 is 22.0 Å². The Balaban J connectivity index is 2.43. The van der Waals surface area contributed by atoms with Crippen LogP contribution in [0, 0.1) is 0 Å². The number of carbonyl (C=O) groups excluding carboxylic acids is 1. The minimum absolute atomic E-state index is 0.0765. The highest BCUT2D eigenvalue weighted by Crippen LogP contribution is 2.36. The average Bonchev–Trinajstić information content (AvgIpc) is 2.76.